The van der Waals surface area contributed by atoms with Crippen LogP contribution in [0.5, 0.6) is 0 Å². The van der Waals surface area contributed by atoms with Gasteiger partial charge in [-0.15, -0.1) is 0 Å². The van der Waals surface area contributed by atoms with Gasteiger partial charge in [0.1, 0.15) is 23.4 Å². The van der Waals surface area contributed by atoms with Crippen LogP contribution in [0, 0.1) is 5.92 Å². The summed E-state index contributed by atoms with van der Waals surface area (Å²) in [5, 5.41) is 8.51. The van der Waals surface area contributed by atoms with Crippen LogP contribution >= 0.6 is 0 Å². The Bertz CT molecular complexity index is 873. The molecule has 1 saturated carbocycles. The topological polar surface area (TPSA) is 97.9 Å². The van der Waals surface area contributed by atoms with E-state index in [4.69, 9.17) is 24.1 Å². The Balaban J connectivity index is 1.59. The predicted octanol–water partition coefficient (Wildman–Crippen LogP) is 3.92. The summed E-state index contributed by atoms with van der Waals surface area (Å²) in [6.45, 7) is 6.96. The van der Waals surface area contributed by atoms with Crippen LogP contribution in [-0.4, -0.2) is 60.3 Å². The first-order valence-corrected chi connectivity index (χ1v) is 11.3. The van der Waals surface area contributed by atoms with E-state index in [1.54, 1.807) is 37.5 Å². The number of carbonyl (C=O) groups excluding carboxylic acids is 1. The Kier molecular flexibility index (Phi) is 8.10. The van der Waals surface area contributed by atoms with E-state index in [0.29, 0.717) is 13.0 Å². The molecule has 1 unspecified atom stereocenters. The van der Waals surface area contributed by atoms with Gasteiger partial charge < -0.3 is 24.1 Å². The number of hydrogen-bond donors (Lipinski definition) is 1. The lowest BCUT2D eigenvalue weighted by atomic mass is 9.68. The summed E-state index contributed by atoms with van der Waals surface area (Å²) < 4.78 is 23.8. The van der Waals surface area contributed by atoms with Crippen molar-refractivity contribution in [1.82, 2.24) is 0 Å². The van der Waals surface area contributed by atoms with Crippen LogP contribution in [0.25, 0.3) is 0 Å². The summed E-state index contributed by atoms with van der Waals surface area (Å²) in [6.07, 6.45) is 16.0. The van der Waals surface area contributed by atoms with E-state index >= 15 is 0 Å². The highest BCUT2D eigenvalue weighted by Crippen LogP contribution is 2.59. The van der Waals surface area contributed by atoms with Gasteiger partial charge in [-0.1, -0.05) is 48.1 Å². The fraction of sp³-hybridized carbons (Fsp3) is 0.538. The van der Waals surface area contributed by atoms with Gasteiger partial charge in [0.15, 0.2) is 0 Å². The first-order valence-electron chi connectivity index (χ1n) is 11.3. The van der Waals surface area contributed by atoms with Gasteiger partial charge >= 0.3 is 11.9 Å². The van der Waals surface area contributed by atoms with Crippen molar-refractivity contribution < 1.29 is 33.6 Å². The Morgan fingerprint density at radius 3 is 2.30 bits per heavy atom. The third kappa shape index (κ3) is 6.31. The molecule has 7 heteroatoms. The maximum atomic E-state index is 12.4. The molecule has 2 heterocycles. The van der Waals surface area contributed by atoms with Crippen molar-refractivity contribution in [1.29, 1.82) is 0 Å². The van der Waals surface area contributed by atoms with Crippen molar-refractivity contribution in [2.45, 2.75) is 69.5 Å². The zero-order valence-electron chi connectivity index (χ0n) is 19.7. The van der Waals surface area contributed by atoms with Gasteiger partial charge in [-0.25, -0.2) is 9.59 Å². The quantitative estimate of drug-likeness (QED) is 0.174. The molecule has 0 amide bonds. The largest absolute Gasteiger partial charge is 0.478 e. The van der Waals surface area contributed by atoms with Crippen LogP contribution < -0.4 is 0 Å². The molecule has 0 bridgehead atoms. The number of methoxy groups -OCH3 is 1. The maximum absolute atomic E-state index is 12.4. The predicted molar refractivity (Wildman–Crippen MR) is 124 cm³/mol. The summed E-state index contributed by atoms with van der Waals surface area (Å²) in [6, 6.07) is 0. The number of hydrogen-bond acceptors (Lipinski definition) is 6. The molecule has 2 saturated heterocycles. The normalized spacial score (nSPS) is 35.6. The lowest BCUT2D eigenvalue weighted by molar-refractivity contribution is -0.166. The van der Waals surface area contributed by atoms with E-state index in [0.717, 1.165) is 18.9 Å². The molecule has 0 radical (unpaired) electrons. The third-order valence-corrected chi connectivity index (χ3v) is 6.53. The number of carboxylic acid groups (broad SMARTS) is 1. The maximum Gasteiger partial charge on any atom is 0.331 e. The molecule has 3 fully saturated rings. The number of epoxide rings is 2. The summed E-state index contributed by atoms with van der Waals surface area (Å²) in [5.74, 6) is -1.45. The van der Waals surface area contributed by atoms with Crippen LogP contribution in [0.3, 0.4) is 0 Å². The smallest absolute Gasteiger partial charge is 0.331 e. The van der Waals surface area contributed by atoms with Gasteiger partial charge in [0, 0.05) is 19.3 Å². The first kappa shape index (κ1) is 25.1. The highest BCUT2D eigenvalue weighted by atomic mass is 16.6. The van der Waals surface area contributed by atoms with Gasteiger partial charge in [-0.2, -0.15) is 0 Å². The molecule has 0 aromatic heterocycles. The number of esters is 1. The molecule has 1 aliphatic carbocycles. The highest BCUT2D eigenvalue weighted by molar-refractivity contribution is 5.82. The lowest BCUT2D eigenvalue weighted by Crippen LogP contribution is -2.55. The number of carboxylic acids is 1. The van der Waals surface area contributed by atoms with Crippen LogP contribution in [0.4, 0.5) is 0 Å². The molecule has 3 rings (SSSR count). The van der Waals surface area contributed by atoms with E-state index < -0.39 is 11.9 Å². The standard InChI is InChI=1S/C26H34O7/c1-18(2)13-14-20-25(3,33-20)24-23(30-4)19(15-16-26(24)17-31-26)32-22(29)12-10-8-6-5-7-9-11-21(27)28/h5-13,19-20,23-24H,14-17H2,1-4H3,(H,27,28)/b7-5+,8-6+,11-9+,12-10+/t19-,20?,23-,24-,25-,26+/m1/s1. The molecule has 1 spiro atoms. The number of aliphatic carboxylic acids is 1. The number of ether oxygens (including phenoxy) is 4. The molecule has 3 aliphatic rings. The average molecular weight is 459 g/mol. The van der Waals surface area contributed by atoms with Crippen LogP contribution in [0.2, 0.25) is 0 Å². The molecule has 180 valence electrons. The van der Waals surface area contributed by atoms with Crippen molar-refractivity contribution in [3.05, 3.63) is 60.3 Å². The molecule has 33 heavy (non-hydrogen) atoms. The van der Waals surface area contributed by atoms with Crippen molar-refractivity contribution >= 4 is 11.9 Å². The second-order valence-corrected chi connectivity index (χ2v) is 9.18. The fourth-order valence-corrected chi connectivity index (χ4v) is 4.79. The number of carbonyl (C=O) groups is 2. The first-order chi connectivity index (χ1) is 15.7. The van der Waals surface area contributed by atoms with E-state index in [9.17, 15) is 9.59 Å². The minimum atomic E-state index is -1.00. The Morgan fingerprint density at radius 2 is 1.73 bits per heavy atom. The van der Waals surface area contributed by atoms with Crippen LogP contribution in [-0.2, 0) is 28.5 Å². The second kappa shape index (κ2) is 10.6. The second-order valence-electron chi connectivity index (χ2n) is 9.18. The third-order valence-electron chi connectivity index (χ3n) is 6.53. The SMILES string of the molecule is CO[C@@H]1[C@H](OC(=O)/C=C/C=C/C=C/C=C/C(=O)O)CC[C@]2(CO2)[C@H]1[C@]1(C)OC1CC=C(C)C. The minimum absolute atomic E-state index is 0.00928. The minimum Gasteiger partial charge on any atom is -0.478 e. The molecule has 6 atom stereocenters. The monoisotopic (exact) mass is 458 g/mol. The zero-order valence-corrected chi connectivity index (χ0v) is 19.7. The molecule has 0 aromatic rings. The summed E-state index contributed by atoms with van der Waals surface area (Å²) in [7, 11) is 1.65. The van der Waals surface area contributed by atoms with Gasteiger partial charge in [0.2, 0.25) is 0 Å². The van der Waals surface area contributed by atoms with Gasteiger partial charge in [0.05, 0.1) is 18.6 Å². The Hall–Kier alpha value is -2.48. The van der Waals surface area contributed by atoms with Crippen molar-refractivity contribution in [3.8, 4) is 0 Å². The Morgan fingerprint density at radius 1 is 1.09 bits per heavy atom. The van der Waals surface area contributed by atoms with Crippen molar-refractivity contribution in [3.63, 3.8) is 0 Å². The molecular formula is C26H34O7. The van der Waals surface area contributed by atoms with E-state index in [1.165, 1.54) is 17.7 Å². The van der Waals surface area contributed by atoms with Gasteiger partial charge in [0.25, 0.3) is 0 Å². The van der Waals surface area contributed by atoms with E-state index in [1.807, 2.05) is 0 Å². The number of allylic oxidation sites excluding steroid dienone is 7. The van der Waals surface area contributed by atoms with E-state index in [2.05, 4.69) is 26.8 Å². The van der Waals surface area contributed by atoms with Crippen LogP contribution in [0.1, 0.15) is 40.0 Å². The molecular weight excluding hydrogens is 424 g/mol. The molecule has 2 aliphatic heterocycles. The van der Waals surface area contributed by atoms with Crippen LogP contribution in [0.15, 0.2) is 60.3 Å². The summed E-state index contributed by atoms with van der Waals surface area (Å²) in [5.41, 5.74) is 0.642. The Labute approximate surface area is 195 Å². The lowest BCUT2D eigenvalue weighted by Gasteiger charge is -2.42. The molecule has 0 aromatic carbocycles. The summed E-state index contributed by atoms with van der Waals surface area (Å²) >= 11 is 0. The fourth-order valence-electron chi connectivity index (χ4n) is 4.79. The van der Waals surface area contributed by atoms with Gasteiger partial charge in [-0.3, -0.25) is 0 Å². The van der Waals surface area contributed by atoms with Gasteiger partial charge in [-0.05, 0) is 40.0 Å². The number of rotatable bonds is 10. The highest BCUT2D eigenvalue weighted by Gasteiger charge is 2.72. The average Bonchev–Trinajstić information content (AvgIpc) is 3.67. The molecule has 1 N–H and O–H groups in total. The van der Waals surface area contributed by atoms with E-state index in [-0.39, 0.29) is 35.4 Å². The summed E-state index contributed by atoms with van der Waals surface area (Å²) in [4.78, 5) is 22.8. The zero-order chi connectivity index (χ0) is 24.1. The molecule has 7 nitrogen and oxygen atoms in total. The van der Waals surface area contributed by atoms with Crippen molar-refractivity contribution in [2.75, 3.05) is 13.7 Å². The van der Waals surface area contributed by atoms with Crippen molar-refractivity contribution in [2.24, 2.45) is 5.92 Å².